The fourth-order valence-corrected chi connectivity index (χ4v) is 17.3. The van der Waals surface area contributed by atoms with Gasteiger partial charge >= 0.3 is 26.4 Å². The van der Waals surface area contributed by atoms with Crippen molar-refractivity contribution < 1.29 is 20.6 Å². The normalized spacial score (nSPS) is 27.5. The fraction of sp³-hybridized carbons (Fsp3) is 0.333. The molecule has 22 heavy (non-hydrogen) atoms. The monoisotopic (exact) mass is 388 g/mol. The average molecular weight is 389 g/mol. The quantitative estimate of drug-likeness (QED) is 0.680. The van der Waals surface area contributed by atoms with Crippen molar-refractivity contribution in [3.8, 4) is 0 Å². The van der Waals surface area contributed by atoms with Gasteiger partial charge in [0.25, 0.3) is 20.0 Å². The third-order valence-electron chi connectivity index (χ3n) is 3.12. The molecular weight excluding hydrogens is 365 g/mol. The van der Waals surface area contributed by atoms with Gasteiger partial charge in [-0.05, 0) is 36.9 Å². The topological polar surface area (TPSA) is 46.2 Å². The minimum absolute atomic E-state index is 1.00. The average Bonchev–Trinajstić information content (AvgIpc) is 2.44. The van der Waals surface area contributed by atoms with Crippen LogP contribution >= 0.6 is 0 Å². The van der Waals surface area contributed by atoms with Crippen molar-refractivity contribution >= 4 is 57.7 Å². The van der Waals surface area contributed by atoms with E-state index in [1.807, 2.05) is 18.2 Å². The lowest BCUT2D eigenvalue weighted by atomic mass is 10.2. The molecule has 10 heteroatoms. The first-order chi connectivity index (χ1) is 10.3. The zero-order valence-corrected chi connectivity index (χ0v) is 19.6. The summed E-state index contributed by atoms with van der Waals surface area (Å²) in [5.74, 6) is 0. The van der Waals surface area contributed by atoms with E-state index in [4.69, 9.17) is 20.6 Å². The molecule has 0 saturated carbocycles. The van der Waals surface area contributed by atoms with Gasteiger partial charge in [0, 0.05) is 0 Å². The van der Waals surface area contributed by atoms with E-state index in [1.54, 1.807) is 0 Å². The maximum absolute atomic E-state index is 6.34. The Kier molecular flexibility index (Phi) is 6.29. The van der Waals surface area contributed by atoms with Crippen LogP contribution in [0, 0.1) is 0 Å². The zero-order valence-electron chi connectivity index (χ0n) is 13.6. The van der Waals surface area contributed by atoms with Crippen LogP contribution in [0.4, 0.5) is 0 Å². The van der Waals surface area contributed by atoms with E-state index in [2.05, 4.69) is 44.9 Å². The van der Waals surface area contributed by atoms with Crippen LogP contribution < -0.4 is 5.19 Å². The standard InChI is InChI=1S/C12H24O5Si5/c1-6-11-7-9-12(10-8-11)20-14-18-13-19-15-21(2,3)17-22(4,5)16-20/h6-10,20H,1,18-19H2,2-5H3. The van der Waals surface area contributed by atoms with Gasteiger partial charge in [0.15, 0.2) is 0 Å². The molecule has 1 aromatic carbocycles. The molecule has 1 unspecified atom stereocenters. The van der Waals surface area contributed by atoms with Crippen molar-refractivity contribution in [1.82, 2.24) is 0 Å². The van der Waals surface area contributed by atoms with Crippen LogP contribution in [0.15, 0.2) is 30.8 Å². The van der Waals surface area contributed by atoms with Gasteiger partial charge in [0.1, 0.15) is 0 Å². The zero-order chi connectivity index (χ0) is 16.2. The van der Waals surface area contributed by atoms with Crippen LogP contribution in [0.5, 0.6) is 0 Å². The molecule has 2 rings (SSSR count). The second-order valence-electron chi connectivity index (χ2n) is 5.97. The van der Waals surface area contributed by atoms with E-state index in [1.165, 1.54) is 0 Å². The van der Waals surface area contributed by atoms with Crippen LogP contribution in [-0.2, 0) is 20.6 Å². The fourth-order valence-electron chi connectivity index (χ4n) is 2.22. The Morgan fingerprint density at radius 2 is 1.73 bits per heavy atom. The Hall–Kier alpha value is -0.156. The molecule has 0 amide bonds. The number of benzene rings is 1. The first kappa shape index (κ1) is 18.2. The largest absolute Gasteiger partial charge is 0.425 e. The van der Waals surface area contributed by atoms with E-state index in [-0.39, 0.29) is 0 Å². The predicted octanol–water partition coefficient (Wildman–Crippen LogP) is 0.255. The van der Waals surface area contributed by atoms with Crippen LogP contribution in [0.1, 0.15) is 5.56 Å². The summed E-state index contributed by atoms with van der Waals surface area (Å²) in [7, 11) is -8.49. The summed E-state index contributed by atoms with van der Waals surface area (Å²) in [6.45, 7) is 12.0. The highest BCUT2D eigenvalue weighted by Gasteiger charge is 2.39. The maximum atomic E-state index is 6.34. The van der Waals surface area contributed by atoms with Gasteiger partial charge in [-0.25, -0.2) is 0 Å². The maximum Gasteiger partial charge on any atom is 0.337 e. The Labute approximate surface area is 141 Å². The number of rotatable bonds is 2. The molecule has 1 aliphatic rings. The van der Waals surface area contributed by atoms with E-state index >= 15 is 0 Å². The van der Waals surface area contributed by atoms with Crippen molar-refractivity contribution in [1.29, 1.82) is 0 Å². The first-order valence-corrected chi connectivity index (χ1v) is 16.7. The molecule has 1 saturated heterocycles. The molecular formula is C12H24O5Si5. The SMILES string of the molecule is C=Cc1ccc([SiH]2O[SiH2]O[SiH2]O[Si](C)(C)O[Si](C)(C)O2)cc1. The summed E-state index contributed by atoms with van der Waals surface area (Å²) in [4.78, 5) is 0. The Morgan fingerprint density at radius 3 is 2.36 bits per heavy atom. The minimum Gasteiger partial charge on any atom is -0.425 e. The highest BCUT2D eigenvalue weighted by molar-refractivity contribution is 6.85. The summed E-state index contributed by atoms with van der Waals surface area (Å²) in [6, 6.07) is 8.20. The Morgan fingerprint density at radius 1 is 1.05 bits per heavy atom. The molecule has 1 aliphatic heterocycles. The second kappa shape index (κ2) is 7.61. The third-order valence-corrected chi connectivity index (χ3v) is 17.4. The molecule has 122 valence electrons. The van der Waals surface area contributed by atoms with Gasteiger partial charge in [0.2, 0.25) is 0 Å². The van der Waals surface area contributed by atoms with Gasteiger partial charge < -0.3 is 20.6 Å². The molecule has 1 heterocycles. The molecule has 0 aromatic heterocycles. The molecule has 0 radical (unpaired) electrons. The van der Waals surface area contributed by atoms with Gasteiger partial charge in [-0.15, -0.1) is 0 Å². The van der Waals surface area contributed by atoms with Gasteiger partial charge in [-0.3, -0.25) is 0 Å². The highest BCUT2D eigenvalue weighted by Crippen LogP contribution is 2.18. The van der Waals surface area contributed by atoms with Crippen LogP contribution in [0.2, 0.25) is 26.2 Å². The first-order valence-electron chi connectivity index (χ1n) is 7.25. The molecule has 1 atom stereocenters. The molecule has 0 N–H and O–H groups in total. The molecule has 0 bridgehead atoms. The van der Waals surface area contributed by atoms with Crippen molar-refractivity contribution in [2.24, 2.45) is 0 Å². The van der Waals surface area contributed by atoms with E-state index in [0.717, 1.165) is 10.8 Å². The summed E-state index contributed by atoms with van der Waals surface area (Å²) in [5, 5.41) is 1.12. The van der Waals surface area contributed by atoms with E-state index < -0.39 is 46.4 Å². The van der Waals surface area contributed by atoms with Crippen LogP contribution in [-0.4, -0.2) is 46.4 Å². The van der Waals surface area contributed by atoms with E-state index in [0.29, 0.717) is 0 Å². The van der Waals surface area contributed by atoms with Gasteiger partial charge in [-0.1, -0.05) is 36.9 Å². The minimum atomic E-state index is -2.29. The molecule has 5 nitrogen and oxygen atoms in total. The Bertz CT molecular complexity index is 507. The van der Waals surface area contributed by atoms with Crippen molar-refractivity contribution in [3.05, 3.63) is 36.4 Å². The summed E-state index contributed by atoms with van der Waals surface area (Å²) in [5.41, 5.74) is 1.09. The molecule has 1 aromatic rings. The van der Waals surface area contributed by atoms with Gasteiger partial charge in [0.05, 0.1) is 0 Å². The lowest BCUT2D eigenvalue weighted by Gasteiger charge is -2.36. The van der Waals surface area contributed by atoms with Crippen molar-refractivity contribution in [2.45, 2.75) is 26.2 Å². The lowest BCUT2D eigenvalue weighted by molar-refractivity contribution is 0.288. The van der Waals surface area contributed by atoms with Crippen LogP contribution in [0.25, 0.3) is 6.08 Å². The number of hydrogen-bond acceptors (Lipinski definition) is 5. The van der Waals surface area contributed by atoms with Crippen LogP contribution in [0.3, 0.4) is 0 Å². The summed E-state index contributed by atoms with van der Waals surface area (Å²) in [6.07, 6.45) is 1.83. The lowest BCUT2D eigenvalue weighted by Crippen LogP contribution is -2.55. The predicted molar refractivity (Wildman–Crippen MR) is 101 cm³/mol. The third kappa shape index (κ3) is 5.48. The molecule has 0 spiro atoms. The van der Waals surface area contributed by atoms with E-state index in [9.17, 15) is 0 Å². The smallest absolute Gasteiger partial charge is 0.337 e. The second-order valence-corrected chi connectivity index (χ2v) is 19.3. The number of hydrogen-bond donors (Lipinski definition) is 0. The molecule has 0 aliphatic carbocycles. The summed E-state index contributed by atoms with van der Waals surface area (Å²) < 4.78 is 30.1. The molecule has 1 fully saturated rings. The van der Waals surface area contributed by atoms with Crippen molar-refractivity contribution in [2.75, 3.05) is 0 Å². The Balaban J connectivity index is 2.19. The van der Waals surface area contributed by atoms with Crippen molar-refractivity contribution in [3.63, 3.8) is 0 Å². The van der Waals surface area contributed by atoms with Gasteiger partial charge in [-0.2, -0.15) is 0 Å². The summed E-state index contributed by atoms with van der Waals surface area (Å²) >= 11 is 0. The highest BCUT2D eigenvalue weighted by atomic mass is 28.5.